The molecule has 0 fully saturated rings. The third-order valence-electron chi connectivity index (χ3n) is 9.13. The van der Waals surface area contributed by atoms with E-state index in [0.29, 0.717) is 22.0 Å². The van der Waals surface area contributed by atoms with Crippen molar-refractivity contribution in [2.75, 3.05) is 7.05 Å². The SMILES string of the molecule is CN[C@@H](CCC(=O)O)C(=O)C1=c2[nH]c(cc2C)=Cc2[nH]c(c(CCC(=O)O)c2C)C=c2[nH]c(c(C)c2CCC(=O)O)=Cc2[nH]c1cc2C. The number of carbonyl (C=O) groups is 4. The van der Waals surface area contributed by atoms with Gasteiger partial charge in [-0.15, -0.1) is 0 Å². The number of carbonyl (C=O) groups excluding carboxylic acids is 1. The van der Waals surface area contributed by atoms with Crippen LogP contribution >= 0.6 is 0 Å². The van der Waals surface area contributed by atoms with Crippen LogP contribution in [-0.4, -0.2) is 72.0 Å². The monoisotopic (exact) mass is 655 g/mol. The number of ketones is 1. The Morgan fingerprint density at radius 2 is 1.33 bits per heavy atom. The minimum atomic E-state index is -0.990. The van der Waals surface area contributed by atoms with Crippen molar-refractivity contribution in [1.29, 1.82) is 0 Å². The highest BCUT2D eigenvalue weighted by Gasteiger charge is 2.26. The quantitative estimate of drug-likeness (QED) is 0.111. The number of carboxylic acids is 3. The van der Waals surface area contributed by atoms with Gasteiger partial charge in [0, 0.05) is 52.4 Å². The predicted octanol–water partition coefficient (Wildman–Crippen LogP) is 1.29. The first-order valence-corrected chi connectivity index (χ1v) is 15.9. The Labute approximate surface area is 276 Å². The number of aryl methyl sites for hydroxylation is 2. The van der Waals surface area contributed by atoms with E-state index in [1.165, 1.54) is 0 Å². The minimum absolute atomic E-state index is 0.0669. The third-order valence-corrected chi connectivity index (χ3v) is 9.13. The number of aliphatic carboxylic acids is 3. The standard InChI is InChI=1S/C36H41N5O7/c1-17-13-30-34(36(48)24(37-5)8-11-33(46)47)35-18(2)12-21(38-35)14-26-19(3)22(6-9-31(42)43)28(40-26)16-29-23(7-10-32(44)45)20(4)27(41-29)15-25(17)39-30/h12-16,24,37-41H,6-11H2,1-5H3,(H,42,43)(H,44,45)(H,46,47)/t24-/m0/s1. The number of fused-ring (bicyclic) bond motifs is 8. The van der Waals surface area contributed by atoms with Gasteiger partial charge in [0.1, 0.15) is 0 Å². The van der Waals surface area contributed by atoms with Crippen LogP contribution in [0.1, 0.15) is 81.8 Å². The lowest BCUT2D eigenvalue weighted by atomic mass is 9.96. The van der Waals surface area contributed by atoms with Gasteiger partial charge in [-0.25, -0.2) is 0 Å². The number of likely N-dealkylation sites (N-methyl/N-ethyl adjacent to an activating group) is 1. The van der Waals surface area contributed by atoms with Gasteiger partial charge in [-0.2, -0.15) is 0 Å². The van der Waals surface area contributed by atoms with Crippen molar-refractivity contribution in [2.45, 2.75) is 72.3 Å². The van der Waals surface area contributed by atoms with E-state index in [9.17, 15) is 34.5 Å². The highest BCUT2D eigenvalue weighted by molar-refractivity contribution is 6.22. The second kappa shape index (κ2) is 13.8. The summed E-state index contributed by atoms with van der Waals surface area (Å²) in [6.45, 7) is 7.69. The number of carboxylic acid groups (broad SMARTS) is 3. The Hall–Kier alpha value is -5.36. The van der Waals surface area contributed by atoms with E-state index in [4.69, 9.17) is 0 Å². The fraction of sp³-hybridized carbons (Fsp3) is 0.333. The molecule has 0 unspecified atom stereocenters. The van der Waals surface area contributed by atoms with Gasteiger partial charge in [0.05, 0.1) is 22.7 Å². The maximum Gasteiger partial charge on any atom is 0.303 e. The number of rotatable bonds is 12. The van der Waals surface area contributed by atoms with E-state index in [0.717, 1.165) is 61.2 Å². The molecular formula is C36H41N5O7. The molecule has 0 aromatic carbocycles. The molecule has 1 aliphatic heterocycles. The van der Waals surface area contributed by atoms with Crippen LogP contribution in [-0.2, 0) is 32.0 Å². The maximum atomic E-state index is 14.2. The van der Waals surface area contributed by atoms with Crippen LogP contribution in [0.2, 0.25) is 0 Å². The summed E-state index contributed by atoms with van der Waals surface area (Å²) in [7, 11) is 1.64. The van der Waals surface area contributed by atoms with Gasteiger partial charge in [0.15, 0.2) is 5.78 Å². The molecule has 12 nitrogen and oxygen atoms in total. The molecule has 252 valence electrons. The second-order valence-electron chi connectivity index (χ2n) is 12.4. The Morgan fingerprint density at radius 3 is 1.98 bits per heavy atom. The molecule has 0 saturated heterocycles. The summed E-state index contributed by atoms with van der Waals surface area (Å²) >= 11 is 0. The molecule has 0 amide bonds. The van der Waals surface area contributed by atoms with E-state index >= 15 is 0 Å². The zero-order chi connectivity index (χ0) is 34.9. The van der Waals surface area contributed by atoms with Crippen LogP contribution in [0.25, 0.3) is 23.8 Å². The lowest BCUT2D eigenvalue weighted by Gasteiger charge is -2.16. The average Bonchev–Trinajstić information content (AvgIpc) is 3.72. The molecular weight excluding hydrogens is 614 g/mol. The topological polar surface area (TPSA) is 204 Å². The van der Waals surface area contributed by atoms with Crippen LogP contribution in [0.4, 0.5) is 0 Å². The molecule has 0 spiro atoms. The Kier molecular flexibility index (Phi) is 9.76. The molecule has 4 aromatic heterocycles. The molecule has 8 N–H and O–H groups in total. The van der Waals surface area contributed by atoms with Gasteiger partial charge in [0.2, 0.25) is 0 Å². The van der Waals surface area contributed by atoms with Gasteiger partial charge in [-0.1, -0.05) is 0 Å². The number of aromatic amines is 4. The van der Waals surface area contributed by atoms with Crippen molar-refractivity contribution in [1.82, 2.24) is 25.3 Å². The zero-order valence-electron chi connectivity index (χ0n) is 27.7. The molecule has 1 aliphatic rings. The first-order chi connectivity index (χ1) is 22.8. The van der Waals surface area contributed by atoms with Crippen LogP contribution in [0.3, 0.4) is 0 Å². The number of Topliss-reactive ketones (excluding diaryl/α,β-unsaturated/α-hetero) is 1. The largest absolute Gasteiger partial charge is 0.481 e. The Morgan fingerprint density at radius 1 is 0.688 bits per heavy atom. The van der Waals surface area contributed by atoms with Gasteiger partial charge >= 0.3 is 17.9 Å². The summed E-state index contributed by atoms with van der Waals surface area (Å²) in [4.78, 5) is 62.6. The number of aromatic nitrogens is 4. The Bertz CT molecular complexity index is 2190. The van der Waals surface area contributed by atoms with Crippen molar-refractivity contribution >= 4 is 47.5 Å². The molecule has 12 heteroatoms. The first kappa shape index (κ1) is 34.0. The molecule has 1 atom stereocenters. The van der Waals surface area contributed by atoms with Crippen molar-refractivity contribution in [3.8, 4) is 0 Å². The summed E-state index contributed by atoms with van der Waals surface area (Å²) in [6, 6.07) is 3.08. The fourth-order valence-electron chi connectivity index (χ4n) is 6.46. The van der Waals surface area contributed by atoms with Crippen molar-refractivity contribution in [3.63, 3.8) is 0 Å². The number of nitrogens with one attached hydrogen (secondary N) is 5. The van der Waals surface area contributed by atoms with Crippen LogP contribution in [0, 0.1) is 27.7 Å². The fourth-order valence-corrected chi connectivity index (χ4v) is 6.46. The highest BCUT2D eigenvalue weighted by Crippen LogP contribution is 2.23. The van der Waals surface area contributed by atoms with Crippen LogP contribution in [0.15, 0.2) is 12.1 Å². The lowest BCUT2D eigenvalue weighted by molar-refractivity contribution is -0.138. The van der Waals surface area contributed by atoms with E-state index in [2.05, 4.69) is 25.3 Å². The van der Waals surface area contributed by atoms with Gasteiger partial charge in [0.25, 0.3) is 0 Å². The molecule has 8 bridgehead atoms. The number of H-pyrrole nitrogens is 4. The van der Waals surface area contributed by atoms with Crippen LogP contribution in [0.5, 0.6) is 0 Å². The molecule has 0 saturated carbocycles. The molecule has 48 heavy (non-hydrogen) atoms. The summed E-state index contributed by atoms with van der Waals surface area (Å²) < 4.78 is 0. The molecule has 0 radical (unpaired) electrons. The highest BCUT2D eigenvalue weighted by atomic mass is 16.4. The molecule has 4 aromatic rings. The Balaban J connectivity index is 1.86. The zero-order valence-corrected chi connectivity index (χ0v) is 27.7. The van der Waals surface area contributed by atoms with Crippen LogP contribution < -0.4 is 26.7 Å². The molecule has 5 heterocycles. The summed E-state index contributed by atoms with van der Waals surface area (Å²) in [5, 5.41) is 34.1. The third kappa shape index (κ3) is 6.98. The summed E-state index contributed by atoms with van der Waals surface area (Å²) in [5.74, 6) is -3.08. The smallest absolute Gasteiger partial charge is 0.303 e. The first-order valence-electron chi connectivity index (χ1n) is 15.9. The maximum absolute atomic E-state index is 14.2. The molecule has 5 rings (SSSR count). The van der Waals surface area contributed by atoms with Gasteiger partial charge in [-0.3, -0.25) is 19.2 Å². The van der Waals surface area contributed by atoms with Crippen molar-refractivity contribution < 1.29 is 34.5 Å². The predicted molar refractivity (Wildman–Crippen MR) is 180 cm³/mol. The van der Waals surface area contributed by atoms with E-state index in [1.54, 1.807) is 7.05 Å². The molecule has 0 aliphatic carbocycles. The van der Waals surface area contributed by atoms with Crippen molar-refractivity contribution in [2.24, 2.45) is 0 Å². The number of hydrogen-bond acceptors (Lipinski definition) is 5. The van der Waals surface area contributed by atoms with Crippen molar-refractivity contribution in [3.05, 3.63) is 89.7 Å². The van der Waals surface area contributed by atoms with Gasteiger partial charge < -0.3 is 40.6 Å². The normalized spacial score (nSPS) is 13.0. The van der Waals surface area contributed by atoms with E-state index < -0.39 is 23.9 Å². The van der Waals surface area contributed by atoms with E-state index in [-0.39, 0.29) is 44.3 Å². The summed E-state index contributed by atoms with van der Waals surface area (Å²) in [6.07, 6.45) is 6.14. The summed E-state index contributed by atoms with van der Waals surface area (Å²) in [5.41, 5.74) is 8.27. The second-order valence-corrected chi connectivity index (χ2v) is 12.4. The number of hydrogen-bond donors (Lipinski definition) is 8. The minimum Gasteiger partial charge on any atom is -0.481 e. The average molecular weight is 656 g/mol. The van der Waals surface area contributed by atoms with Gasteiger partial charge in [-0.05, 0) is 118 Å². The lowest BCUT2D eigenvalue weighted by Crippen LogP contribution is -2.38. The van der Waals surface area contributed by atoms with E-state index in [1.807, 2.05) is 58.1 Å².